The van der Waals surface area contributed by atoms with Crippen LogP contribution >= 0.6 is 11.6 Å². The summed E-state index contributed by atoms with van der Waals surface area (Å²) in [5.41, 5.74) is 0.780. The molecule has 2 amide bonds. The van der Waals surface area contributed by atoms with Crippen LogP contribution in [0.4, 0.5) is 0 Å². The van der Waals surface area contributed by atoms with Crippen molar-refractivity contribution in [1.29, 1.82) is 0 Å². The van der Waals surface area contributed by atoms with E-state index in [0.717, 1.165) is 4.90 Å². The molecule has 0 aromatic heterocycles. The summed E-state index contributed by atoms with van der Waals surface area (Å²) < 4.78 is 5.23. The highest BCUT2D eigenvalue weighted by Crippen LogP contribution is 2.24. The molecule has 0 saturated carbocycles. The van der Waals surface area contributed by atoms with Gasteiger partial charge in [0, 0.05) is 17.1 Å². The Balaban J connectivity index is 1.76. The molecule has 0 radical (unpaired) electrons. The minimum atomic E-state index is -1.03. The summed E-state index contributed by atoms with van der Waals surface area (Å²) in [6.07, 6.45) is 0.414. The SMILES string of the molecule is C=CCN1C(=O)c2ccc(C(=O)O[C@H](C)C(=O)c3ccc(Cl)cc3)cc2C1=O. The van der Waals surface area contributed by atoms with Gasteiger partial charge in [0.15, 0.2) is 6.10 Å². The van der Waals surface area contributed by atoms with E-state index in [1.54, 1.807) is 24.3 Å². The van der Waals surface area contributed by atoms with Gasteiger partial charge in [-0.1, -0.05) is 17.7 Å². The molecule has 0 fully saturated rings. The Morgan fingerprint density at radius 1 is 1.07 bits per heavy atom. The predicted octanol–water partition coefficient (Wildman–Crippen LogP) is 3.55. The third-order valence-electron chi connectivity index (χ3n) is 4.30. The van der Waals surface area contributed by atoms with E-state index in [0.29, 0.717) is 10.6 Å². The fraction of sp³-hybridized carbons (Fsp3) is 0.143. The first kappa shape index (κ1) is 19.5. The number of imide groups is 1. The van der Waals surface area contributed by atoms with Gasteiger partial charge in [0.2, 0.25) is 5.78 Å². The maximum atomic E-state index is 12.4. The molecular weight excluding hydrogens is 382 g/mol. The molecule has 2 aromatic rings. The normalized spacial score (nSPS) is 13.9. The molecule has 7 heteroatoms. The van der Waals surface area contributed by atoms with Crippen molar-refractivity contribution >= 4 is 35.2 Å². The molecule has 1 aliphatic heterocycles. The van der Waals surface area contributed by atoms with Crippen molar-refractivity contribution in [2.24, 2.45) is 0 Å². The second kappa shape index (κ2) is 7.78. The van der Waals surface area contributed by atoms with E-state index in [4.69, 9.17) is 16.3 Å². The summed E-state index contributed by atoms with van der Waals surface area (Å²) >= 11 is 5.80. The maximum absolute atomic E-state index is 12.4. The number of halogens is 1. The Labute approximate surface area is 166 Å². The molecule has 0 aliphatic carbocycles. The molecule has 6 nitrogen and oxygen atoms in total. The van der Waals surface area contributed by atoms with Crippen LogP contribution in [0.5, 0.6) is 0 Å². The highest BCUT2D eigenvalue weighted by Gasteiger charge is 2.35. The van der Waals surface area contributed by atoms with Crippen LogP contribution < -0.4 is 0 Å². The van der Waals surface area contributed by atoms with Crippen LogP contribution in [0.25, 0.3) is 0 Å². The fourth-order valence-electron chi connectivity index (χ4n) is 2.84. The van der Waals surface area contributed by atoms with Gasteiger partial charge in [-0.05, 0) is 49.4 Å². The number of carbonyl (C=O) groups excluding carboxylic acids is 4. The van der Waals surface area contributed by atoms with Crippen LogP contribution in [0.1, 0.15) is 48.4 Å². The molecule has 2 aromatic carbocycles. The zero-order valence-electron chi connectivity index (χ0n) is 15.0. The lowest BCUT2D eigenvalue weighted by atomic mass is 10.1. The molecule has 1 aliphatic rings. The first-order valence-electron chi connectivity index (χ1n) is 8.45. The second-order valence-electron chi connectivity index (χ2n) is 6.19. The quantitative estimate of drug-likeness (QED) is 0.322. The number of ether oxygens (including phenoxy) is 1. The molecule has 0 spiro atoms. The van der Waals surface area contributed by atoms with E-state index in [1.807, 2.05) is 0 Å². The van der Waals surface area contributed by atoms with Crippen LogP contribution in [0, 0.1) is 0 Å². The Bertz CT molecular complexity index is 996. The number of rotatable bonds is 6. The highest BCUT2D eigenvalue weighted by atomic mass is 35.5. The molecule has 0 saturated heterocycles. The number of carbonyl (C=O) groups is 4. The summed E-state index contributed by atoms with van der Waals surface area (Å²) in [6.45, 7) is 5.06. The minimum Gasteiger partial charge on any atom is -0.451 e. The monoisotopic (exact) mass is 397 g/mol. The topological polar surface area (TPSA) is 80.8 Å². The van der Waals surface area contributed by atoms with Gasteiger partial charge in [0.25, 0.3) is 11.8 Å². The van der Waals surface area contributed by atoms with E-state index in [9.17, 15) is 19.2 Å². The van der Waals surface area contributed by atoms with Crippen molar-refractivity contribution in [3.8, 4) is 0 Å². The third-order valence-corrected chi connectivity index (χ3v) is 4.55. The summed E-state index contributed by atoms with van der Waals surface area (Å²) in [4.78, 5) is 50.4. The standard InChI is InChI=1S/C21H16ClNO5/c1-3-10-23-19(25)16-9-6-14(11-17(16)20(23)26)21(27)28-12(2)18(24)13-4-7-15(22)8-5-13/h3-9,11-12H,1,10H2,2H3/t12-/m1/s1. The van der Waals surface area contributed by atoms with Gasteiger partial charge in [-0.3, -0.25) is 19.3 Å². The van der Waals surface area contributed by atoms with Gasteiger partial charge in [0.1, 0.15) is 0 Å². The van der Waals surface area contributed by atoms with E-state index < -0.39 is 23.9 Å². The van der Waals surface area contributed by atoms with Crippen molar-refractivity contribution in [2.75, 3.05) is 6.54 Å². The number of esters is 1. The van der Waals surface area contributed by atoms with Crippen molar-refractivity contribution in [3.05, 3.63) is 82.4 Å². The minimum absolute atomic E-state index is 0.0797. The van der Waals surface area contributed by atoms with Crippen LogP contribution in [-0.2, 0) is 4.74 Å². The molecular formula is C21H16ClNO5. The van der Waals surface area contributed by atoms with E-state index in [1.165, 1.54) is 31.2 Å². The predicted molar refractivity (Wildman–Crippen MR) is 103 cm³/mol. The second-order valence-corrected chi connectivity index (χ2v) is 6.63. The summed E-state index contributed by atoms with van der Waals surface area (Å²) in [5, 5.41) is 0.490. The Morgan fingerprint density at radius 2 is 1.68 bits per heavy atom. The molecule has 0 bridgehead atoms. The Morgan fingerprint density at radius 3 is 2.32 bits per heavy atom. The summed E-state index contributed by atoms with van der Waals surface area (Å²) in [7, 11) is 0. The van der Waals surface area contributed by atoms with E-state index in [-0.39, 0.29) is 29.0 Å². The first-order valence-corrected chi connectivity index (χ1v) is 8.83. The maximum Gasteiger partial charge on any atom is 0.338 e. The number of amides is 2. The molecule has 28 heavy (non-hydrogen) atoms. The van der Waals surface area contributed by atoms with Crippen molar-refractivity contribution in [2.45, 2.75) is 13.0 Å². The number of nitrogens with zero attached hydrogens (tertiary/aromatic N) is 1. The number of fused-ring (bicyclic) bond motifs is 1. The van der Waals surface area contributed by atoms with Gasteiger partial charge in [-0.2, -0.15) is 0 Å². The van der Waals surface area contributed by atoms with Crippen molar-refractivity contribution < 1.29 is 23.9 Å². The summed E-state index contributed by atoms with van der Waals surface area (Å²) in [6, 6.07) is 10.3. The van der Waals surface area contributed by atoms with Gasteiger partial charge in [-0.25, -0.2) is 4.79 Å². The van der Waals surface area contributed by atoms with Crippen LogP contribution in [0.15, 0.2) is 55.1 Å². The molecule has 1 heterocycles. The lowest BCUT2D eigenvalue weighted by Crippen LogP contribution is -2.29. The number of hydrogen-bond donors (Lipinski definition) is 0. The molecule has 1 atom stereocenters. The van der Waals surface area contributed by atoms with Gasteiger partial charge < -0.3 is 4.74 Å². The highest BCUT2D eigenvalue weighted by molar-refractivity contribution is 6.30. The smallest absolute Gasteiger partial charge is 0.338 e. The fourth-order valence-corrected chi connectivity index (χ4v) is 2.97. The zero-order chi connectivity index (χ0) is 20.4. The largest absolute Gasteiger partial charge is 0.451 e. The van der Waals surface area contributed by atoms with Gasteiger partial charge in [0.05, 0.1) is 16.7 Å². The molecule has 3 rings (SSSR count). The number of hydrogen-bond acceptors (Lipinski definition) is 5. The Hall–Kier alpha value is -3.25. The third kappa shape index (κ3) is 3.59. The number of Topliss-reactive ketones (excluding diaryl/α,β-unsaturated/α-hetero) is 1. The van der Waals surface area contributed by atoms with E-state index >= 15 is 0 Å². The lowest BCUT2D eigenvalue weighted by molar-refractivity contribution is 0.0318. The Kier molecular flexibility index (Phi) is 5.42. The van der Waals surface area contributed by atoms with E-state index in [2.05, 4.69) is 6.58 Å². The van der Waals surface area contributed by atoms with Gasteiger partial charge in [-0.15, -0.1) is 6.58 Å². The molecule has 0 unspecified atom stereocenters. The molecule has 0 N–H and O–H groups in total. The lowest BCUT2D eigenvalue weighted by Gasteiger charge is -2.12. The van der Waals surface area contributed by atoms with Crippen LogP contribution in [0.2, 0.25) is 5.02 Å². The molecule has 142 valence electrons. The number of ketones is 1. The van der Waals surface area contributed by atoms with Crippen LogP contribution in [-0.4, -0.2) is 41.1 Å². The van der Waals surface area contributed by atoms with Gasteiger partial charge >= 0.3 is 5.97 Å². The van der Waals surface area contributed by atoms with Crippen LogP contribution in [0.3, 0.4) is 0 Å². The zero-order valence-corrected chi connectivity index (χ0v) is 15.7. The van der Waals surface area contributed by atoms with Crippen molar-refractivity contribution in [3.63, 3.8) is 0 Å². The van der Waals surface area contributed by atoms with Crippen molar-refractivity contribution in [1.82, 2.24) is 4.90 Å². The average Bonchev–Trinajstić information content (AvgIpc) is 2.92. The summed E-state index contributed by atoms with van der Waals surface area (Å²) in [5.74, 6) is -2.08. The average molecular weight is 398 g/mol. The number of benzene rings is 2. The first-order chi connectivity index (χ1) is 13.3.